The number of ether oxygens (including phenoxy) is 3. The van der Waals surface area contributed by atoms with E-state index < -0.39 is 11.9 Å². The van der Waals surface area contributed by atoms with E-state index in [1.807, 2.05) is 36.4 Å². The molecule has 0 aliphatic rings. The minimum Gasteiger partial charge on any atom is -0.462 e. The van der Waals surface area contributed by atoms with Crippen LogP contribution >= 0.6 is 0 Å². The molecule has 162 valence electrons. The summed E-state index contributed by atoms with van der Waals surface area (Å²) in [6.45, 7) is 10.2. The van der Waals surface area contributed by atoms with Crippen molar-refractivity contribution in [1.82, 2.24) is 0 Å². The number of carbonyl (C=O) groups is 2. The second-order valence-corrected chi connectivity index (χ2v) is 6.96. The van der Waals surface area contributed by atoms with Crippen molar-refractivity contribution >= 4 is 11.9 Å². The van der Waals surface area contributed by atoms with Crippen molar-refractivity contribution in [2.75, 3.05) is 0 Å². The molecule has 0 bridgehead atoms. The van der Waals surface area contributed by atoms with Crippen LogP contribution in [0.3, 0.4) is 0 Å². The Balaban J connectivity index is 1.62. The molecule has 0 amide bonds. The summed E-state index contributed by atoms with van der Waals surface area (Å²) in [5, 5.41) is 0. The van der Waals surface area contributed by atoms with Crippen molar-refractivity contribution in [3.8, 4) is 34.1 Å². The second-order valence-electron chi connectivity index (χ2n) is 6.96. The lowest BCUT2D eigenvalue weighted by molar-refractivity contribution is -0.133. The van der Waals surface area contributed by atoms with Gasteiger partial charge in [0.15, 0.2) is 0 Å². The van der Waals surface area contributed by atoms with Gasteiger partial charge in [0.2, 0.25) is 0 Å². The van der Waals surface area contributed by atoms with Crippen molar-refractivity contribution in [1.29, 1.82) is 0 Å². The van der Waals surface area contributed by atoms with E-state index in [0.717, 1.165) is 17.4 Å². The van der Waals surface area contributed by atoms with Crippen molar-refractivity contribution in [2.45, 2.75) is 13.8 Å². The summed E-state index contributed by atoms with van der Waals surface area (Å²) in [7, 11) is 0. The van der Waals surface area contributed by atoms with Crippen LogP contribution in [0.25, 0.3) is 22.6 Å². The van der Waals surface area contributed by atoms with E-state index in [1.165, 1.54) is 6.26 Å². The molecule has 0 aliphatic carbocycles. The molecule has 0 saturated heterocycles. The smallest absolute Gasteiger partial charge is 0.338 e. The van der Waals surface area contributed by atoms with Gasteiger partial charge in [0.25, 0.3) is 0 Å². The van der Waals surface area contributed by atoms with Crippen LogP contribution < -0.4 is 9.47 Å². The van der Waals surface area contributed by atoms with Crippen molar-refractivity contribution in [3.63, 3.8) is 0 Å². The fraction of sp³-hybridized carbons (Fsp3) is 0.0769. The third kappa shape index (κ3) is 5.86. The highest BCUT2D eigenvalue weighted by Gasteiger charge is 2.09. The van der Waals surface area contributed by atoms with Crippen molar-refractivity contribution in [2.24, 2.45) is 0 Å². The zero-order chi connectivity index (χ0) is 23.1. The van der Waals surface area contributed by atoms with Crippen LogP contribution in [0.5, 0.6) is 11.5 Å². The van der Waals surface area contributed by atoms with Gasteiger partial charge in [-0.05, 0) is 74.5 Å². The number of benzene rings is 2. The lowest BCUT2D eigenvalue weighted by Gasteiger charge is -2.04. The van der Waals surface area contributed by atoms with Gasteiger partial charge >= 0.3 is 11.9 Å². The molecule has 6 heteroatoms. The van der Waals surface area contributed by atoms with Gasteiger partial charge in [0.1, 0.15) is 35.5 Å². The quantitative estimate of drug-likeness (QED) is 0.187. The topological polar surface area (TPSA) is 75.0 Å². The zero-order valence-electron chi connectivity index (χ0n) is 17.8. The number of hydrogen-bond donors (Lipinski definition) is 0. The third-order valence-corrected chi connectivity index (χ3v) is 4.23. The monoisotopic (exact) mass is 430 g/mol. The van der Waals surface area contributed by atoms with Crippen LogP contribution in [-0.2, 0) is 14.3 Å². The molecule has 0 N–H and O–H groups in total. The molecule has 1 heterocycles. The van der Waals surface area contributed by atoms with E-state index in [1.54, 1.807) is 38.1 Å². The van der Waals surface area contributed by atoms with E-state index in [2.05, 4.69) is 13.2 Å². The minimum absolute atomic E-state index is 0.305. The summed E-state index contributed by atoms with van der Waals surface area (Å²) in [6, 6.07) is 18.0. The molecule has 0 unspecified atom stereocenters. The van der Waals surface area contributed by atoms with Gasteiger partial charge in [-0.1, -0.05) is 13.2 Å². The summed E-state index contributed by atoms with van der Waals surface area (Å²) in [6.07, 6.45) is 2.44. The highest BCUT2D eigenvalue weighted by Crippen LogP contribution is 2.30. The maximum Gasteiger partial charge on any atom is 0.338 e. The molecule has 6 nitrogen and oxygen atoms in total. The van der Waals surface area contributed by atoms with Crippen LogP contribution in [0.15, 0.2) is 102 Å². The molecule has 0 fully saturated rings. The van der Waals surface area contributed by atoms with Crippen molar-refractivity contribution in [3.05, 3.63) is 97.5 Å². The van der Waals surface area contributed by atoms with Gasteiger partial charge in [-0.2, -0.15) is 0 Å². The predicted molar refractivity (Wildman–Crippen MR) is 121 cm³/mol. The summed E-state index contributed by atoms with van der Waals surface area (Å²) in [4.78, 5) is 22.9. The molecular formula is C26H22O6. The van der Waals surface area contributed by atoms with Crippen LogP contribution in [0.2, 0.25) is 0 Å². The van der Waals surface area contributed by atoms with Gasteiger partial charge in [0, 0.05) is 22.3 Å². The second kappa shape index (κ2) is 10.1. The number of carbonyl (C=O) groups excluding carboxylic acids is 2. The summed E-state index contributed by atoms with van der Waals surface area (Å²) < 4.78 is 21.4. The SMILES string of the molecule is C=C(C)C(=O)O/C=C\Oc1ccc(-c2ccc(-c3ccc(OC(=O)C(=C)C)cc3)o2)cc1. The molecule has 0 saturated carbocycles. The fourth-order valence-electron chi connectivity index (χ4n) is 2.52. The maximum absolute atomic E-state index is 11.6. The standard InChI is InChI=1S/C26H22O6/c1-17(2)25(27)30-16-15-29-21-9-5-19(6-10-21)23-13-14-24(32-23)20-7-11-22(12-8-20)31-26(28)18(3)4/h5-16H,1,3H2,2,4H3/b16-15-. The number of rotatable bonds is 8. The van der Waals surface area contributed by atoms with Crippen LogP contribution in [0.1, 0.15) is 13.8 Å². The first-order chi connectivity index (χ1) is 15.3. The van der Waals surface area contributed by atoms with Gasteiger partial charge in [-0.3, -0.25) is 0 Å². The van der Waals surface area contributed by atoms with E-state index >= 15 is 0 Å². The number of hydrogen-bond acceptors (Lipinski definition) is 6. The van der Waals surface area contributed by atoms with Crippen LogP contribution in [0, 0.1) is 0 Å². The third-order valence-electron chi connectivity index (χ3n) is 4.23. The first kappa shape index (κ1) is 22.4. The molecule has 0 atom stereocenters. The van der Waals surface area contributed by atoms with Gasteiger partial charge in [-0.25, -0.2) is 9.59 Å². The number of esters is 2. The van der Waals surface area contributed by atoms with Crippen LogP contribution in [0.4, 0.5) is 0 Å². The van der Waals surface area contributed by atoms with Gasteiger partial charge in [0.05, 0.1) is 0 Å². The summed E-state index contributed by atoms with van der Waals surface area (Å²) >= 11 is 0. The first-order valence-electron chi connectivity index (χ1n) is 9.70. The van der Waals surface area contributed by atoms with Gasteiger partial charge < -0.3 is 18.6 Å². The van der Waals surface area contributed by atoms with Crippen molar-refractivity contribution < 1.29 is 28.2 Å². The van der Waals surface area contributed by atoms with E-state index in [4.69, 9.17) is 18.6 Å². The summed E-state index contributed by atoms with van der Waals surface area (Å²) in [5.41, 5.74) is 2.36. The Labute approximate surface area is 186 Å². The minimum atomic E-state index is -0.517. The summed E-state index contributed by atoms with van der Waals surface area (Å²) in [5.74, 6) is 1.40. The average molecular weight is 430 g/mol. The fourth-order valence-corrected chi connectivity index (χ4v) is 2.52. The molecule has 0 aliphatic heterocycles. The molecule has 32 heavy (non-hydrogen) atoms. The highest BCUT2D eigenvalue weighted by atomic mass is 16.5. The van der Waals surface area contributed by atoms with Gasteiger partial charge in [-0.15, -0.1) is 0 Å². The molecular weight excluding hydrogens is 408 g/mol. The predicted octanol–water partition coefficient (Wildman–Crippen LogP) is 6.06. The molecule has 0 spiro atoms. The maximum atomic E-state index is 11.6. The number of furan rings is 1. The molecule has 3 rings (SSSR count). The molecule has 0 radical (unpaired) electrons. The van der Waals surface area contributed by atoms with Crippen LogP contribution in [-0.4, -0.2) is 11.9 Å². The Morgan fingerprint density at radius 2 is 1.22 bits per heavy atom. The Bertz CT molecular complexity index is 1160. The zero-order valence-corrected chi connectivity index (χ0v) is 17.8. The lowest BCUT2D eigenvalue weighted by atomic mass is 10.1. The molecule has 2 aromatic carbocycles. The Hall–Kier alpha value is -4.32. The molecule has 1 aromatic heterocycles. The Kier molecular flexibility index (Phi) is 7.08. The average Bonchev–Trinajstić information content (AvgIpc) is 3.27. The normalized spacial score (nSPS) is 10.6. The molecule has 3 aromatic rings. The Morgan fingerprint density at radius 1 is 0.719 bits per heavy atom. The largest absolute Gasteiger partial charge is 0.462 e. The lowest BCUT2D eigenvalue weighted by Crippen LogP contribution is -2.07. The van der Waals surface area contributed by atoms with E-state index in [-0.39, 0.29) is 0 Å². The van der Waals surface area contributed by atoms with E-state index in [9.17, 15) is 9.59 Å². The van der Waals surface area contributed by atoms with E-state index in [0.29, 0.717) is 34.2 Å². The first-order valence-corrected chi connectivity index (χ1v) is 9.70. The Morgan fingerprint density at radius 3 is 1.72 bits per heavy atom. The highest BCUT2D eigenvalue weighted by molar-refractivity contribution is 5.89.